The topological polar surface area (TPSA) is 55.1 Å². The quantitative estimate of drug-likeness (QED) is 0.675. The maximum atomic E-state index is 5.54. The predicted octanol–water partition coefficient (Wildman–Crippen LogP) is 4.59. The average molecular weight is 348 g/mol. The third-order valence-corrected chi connectivity index (χ3v) is 4.92. The molecule has 0 amide bonds. The van der Waals surface area contributed by atoms with E-state index in [-0.39, 0.29) is 6.04 Å². The number of likely N-dealkylation sites (tertiary alicyclic amines) is 1. The minimum Gasteiger partial charge on any atom is -0.338 e. The molecule has 0 radical (unpaired) electrons. The third kappa shape index (κ3) is 3.53. The molecule has 2 aromatic heterocycles. The van der Waals surface area contributed by atoms with E-state index in [1.807, 2.05) is 24.4 Å². The molecule has 0 saturated carbocycles. The van der Waals surface area contributed by atoms with Gasteiger partial charge in [0.15, 0.2) is 5.82 Å². The highest BCUT2D eigenvalue weighted by molar-refractivity contribution is 5.58. The minimum absolute atomic E-state index is 0.227. The van der Waals surface area contributed by atoms with Crippen LogP contribution in [-0.2, 0) is 6.54 Å². The fraction of sp³-hybridized carbons (Fsp3) is 0.381. The highest BCUT2D eigenvalue weighted by Gasteiger charge is 2.30. The van der Waals surface area contributed by atoms with Crippen molar-refractivity contribution in [1.29, 1.82) is 0 Å². The SMILES string of the molecule is CC(C)c1noc([C@@H]2CCCN2Cc2ccc(-c3ccccn3)cc2)n1. The Hall–Kier alpha value is -2.53. The maximum absolute atomic E-state index is 5.54. The molecule has 3 heterocycles. The Bertz CT molecular complexity index is 842. The van der Waals surface area contributed by atoms with E-state index in [1.54, 1.807) is 0 Å². The summed E-state index contributed by atoms with van der Waals surface area (Å²) in [6.45, 7) is 6.13. The molecule has 0 N–H and O–H groups in total. The van der Waals surface area contributed by atoms with Gasteiger partial charge in [0.25, 0.3) is 0 Å². The number of hydrogen-bond donors (Lipinski definition) is 0. The van der Waals surface area contributed by atoms with Crippen molar-refractivity contribution in [3.63, 3.8) is 0 Å². The lowest BCUT2D eigenvalue weighted by Crippen LogP contribution is -2.23. The average Bonchev–Trinajstić information content (AvgIpc) is 3.32. The van der Waals surface area contributed by atoms with Gasteiger partial charge in [0.1, 0.15) is 0 Å². The van der Waals surface area contributed by atoms with Crippen molar-refractivity contribution in [1.82, 2.24) is 20.0 Å². The van der Waals surface area contributed by atoms with Crippen LogP contribution in [0.25, 0.3) is 11.3 Å². The van der Waals surface area contributed by atoms with Crippen LogP contribution in [0.4, 0.5) is 0 Å². The van der Waals surface area contributed by atoms with Crippen LogP contribution in [0.2, 0.25) is 0 Å². The summed E-state index contributed by atoms with van der Waals surface area (Å²) in [4.78, 5) is 11.5. The predicted molar refractivity (Wildman–Crippen MR) is 100 cm³/mol. The minimum atomic E-state index is 0.227. The Morgan fingerprint density at radius 1 is 1.15 bits per heavy atom. The van der Waals surface area contributed by atoms with Crippen LogP contribution in [0.3, 0.4) is 0 Å². The van der Waals surface area contributed by atoms with Crippen molar-refractivity contribution in [3.05, 3.63) is 65.9 Å². The number of pyridine rings is 1. The van der Waals surface area contributed by atoms with Crippen LogP contribution in [0.1, 0.15) is 55.9 Å². The van der Waals surface area contributed by atoms with Crippen molar-refractivity contribution in [2.24, 2.45) is 0 Å². The van der Waals surface area contributed by atoms with Gasteiger partial charge in [0.2, 0.25) is 5.89 Å². The molecule has 1 atom stereocenters. The lowest BCUT2D eigenvalue weighted by molar-refractivity contribution is 0.201. The first-order valence-electron chi connectivity index (χ1n) is 9.28. The van der Waals surface area contributed by atoms with Crippen molar-refractivity contribution >= 4 is 0 Å². The standard InChI is InChI=1S/C21H24N4O/c1-15(2)20-23-21(26-24-20)19-7-5-13-25(19)14-16-8-10-17(11-9-16)18-6-3-4-12-22-18/h3-4,6,8-12,15,19H,5,7,13-14H2,1-2H3/t19-/m0/s1. The highest BCUT2D eigenvalue weighted by atomic mass is 16.5. The zero-order chi connectivity index (χ0) is 17.9. The normalized spacial score (nSPS) is 17.9. The van der Waals surface area contributed by atoms with Gasteiger partial charge in [-0.3, -0.25) is 9.88 Å². The highest BCUT2D eigenvalue weighted by Crippen LogP contribution is 2.33. The number of hydrogen-bond acceptors (Lipinski definition) is 5. The molecule has 3 aromatic rings. The fourth-order valence-corrected chi connectivity index (χ4v) is 3.46. The van der Waals surface area contributed by atoms with Gasteiger partial charge in [-0.2, -0.15) is 4.98 Å². The number of rotatable bonds is 5. The van der Waals surface area contributed by atoms with Crippen LogP contribution >= 0.6 is 0 Å². The van der Waals surface area contributed by atoms with Gasteiger partial charge in [-0.15, -0.1) is 0 Å². The van der Waals surface area contributed by atoms with E-state index < -0.39 is 0 Å². The first kappa shape index (κ1) is 16.9. The Kier molecular flexibility index (Phi) is 4.80. The molecular weight excluding hydrogens is 324 g/mol. The van der Waals surface area contributed by atoms with Crippen molar-refractivity contribution in [3.8, 4) is 11.3 Å². The van der Waals surface area contributed by atoms with Crippen LogP contribution < -0.4 is 0 Å². The van der Waals surface area contributed by atoms with E-state index >= 15 is 0 Å². The van der Waals surface area contributed by atoms with Crippen molar-refractivity contribution in [2.75, 3.05) is 6.54 Å². The molecule has 0 bridgehead atoms. The van der Waals surface area contributed by atoms with E-state index in [9.17, 15) is 0 Å². The van der Waals surface area contributed by atoms with Crippen LogP contribution in [0, 0.1) is 0 Å². The van der Waals surface area contributed by atoms with E-state index in [0.29, 0.717) is 5.92 Å². The monoisotopic (exact) mass is 348 g/mol. The smallest absolute Gasteiger partial charge is 0.244 e. The number of aromatic nitrogens is 3. The molecule has 0 aliphatic carbocycles. The zero-order valence-electron chi connectivity index (χ0n) is 15.3. The Labute approximate surface area is 154 Å². The molecule has 134 valence electrons. The van der Waals surface area contributed by atoms with Crippen LogP contribution in [0.5, 0.6) is 0 Å². The molecule has 1 aliphatic rings. The van der Waals surface area contributed by atoms with Gasteiger partial charge in [-0.1, -0.05) is 49.3 Å². The summed E-state index contributed by atoms with van der Waals surface area (Å²) in [5, 5.41) is 4.13. The molecule has 1 saturated heterocycles. The second-order valence-electron chi connectivity index (χ2n) is 7.19. The van der Waals surface area contributed by atoms with Crippen molar-refractivity contribution < 1.29 is 4.52 Å². The molecular formula is C21H24N4O. The summed E-state index contributed by atoms with van der Waals surface area (Å²) < 4.78 is 5.54. The van der Waals surface area contributed by atoms with Gasteiger partial charge in [0, 0.05) is 24.2 Å². The van der Waals surface area contributed by atoms with Crippen LogP contribution in [0.15, 0.2) is 53.2 Å². The third-order valence-electron chi connectivity index (χ3n) is 4.92. The van der Waals surface area contributed by atoms with Gasteiger partial charge < -0.3 is 4.52 Å². The molecule has 1 aromatic carbocycles. The molecule has 5 heteroatoms. The van der Waals surface area contributed by atoms with E-state index in [1.165, 1.54) is 5.56 Å². The first-order valence-corrected chi connectivity index (χ1v) is 9.28. The van der Waals surface area contributed by atoms with Gasteiger partial charge in [-0.05, 0) is 37.1 Å². The molecule has 0 spiro atoms. The lowest BCUT2D eigenvalue weighted by atomic mass is 10.1. The van der Waals surface area contributed by atoms with Gasteiger partial charge in [-0.25, -0.2) is 0 Å². The lowest BCUT2D eigenvalue weighted by Gasteiger charge is -2.21. The molecule has 1 aliphatic heterocycles. The molecule has 0 unspecified atom stereocenters. The first-order chi connectivity index (χ1) is 12.7. The van der Waals surface area contributed by atoms with E-state index in [0.717, 1.165) is 48.9 Å². The molecule has 26 heavy (non-hydrogen) atoms. The van der Waals surface area contributed by atoms with E-state index in [4.69, 9.17) is 4.52 Å². The molecule has 4 rings (SSSR count). The largest absolute Gasteiger partial charge is 0.338 e. The number of benzene rings is 1. The molecule has 5 nitrogen and oxygen atoms in total. The summed E-state index contributed by atoms with van der Waals surface area (Å²) in [5.74, 6) is 1.85. The van der Waals surface area contributed by atoms with Gasteiger partial charge >= 0.3 is 0 Å². The molecule has 1 fully saturated rings. The van der Waals surface area contributed by atoms with Gasteiger partial charge in [0.05, 0.1) is 11.7 Å². The maximum Gasteiger partial charge on any atom is 0.244 e. The Morgan fingerprint density at radius 2 is 2.00 bits per heavy atom. The fourth-order valence-electron chi connectivity index (χ4n) is 3.46. The Balaban J connectivity index is 1.47. The second-order valence-corrected chi connectivity index (χ2v) is 7.19. The summed E-state index contributed by atoms with van der Waals surface area (Å²) >= 11 is 0. The zero-order valence-corrected chi connectivity index (χ0v) is 15.3. The Morgan fingerprint density at radius 3 is 2.69 bits per heavy atom. The number of nitrogens with zero attached hydrogens (tertiary/aromatic N) is 4. The summed E-state index contributed by atoms with van der Waals surface area (Å²) in [5.41, 5.74) is 3.44. The second kappa shape index (κ2) is 7.38. The summed E-state index contributed by atoms with van der Waals surface area (Å²) in [6, 6.07) is 14.9. The van der Waals surface area contributed by atoms with Crippen LogP contribution in [-0.4, -0.2) is 26.6 Å². The summed E-state index contributed by atoms with van der Waals surface area (Å²) in [6.07, 6.45) is 4.07. The van der Waals surface area contributed by atoms with E-state index in [2.05, 4.69) is 58.1 Å². The summed E-state index contributed by atoms with van der Waals surface area (Å²) in [7, 11) is 0. The van der Waals surface area contributed by atoms with Crippen molar-refractivity contribution in [2.45, 2.75) is 45.2 Å².